The number of carbonyl (C=O) groups is 1. The predicted octanol–water partition coefficient (Wildman–Crippen LogP) is 5.32. The highest BCUT2D eigenvalue weighted by Gasteiger charge is 2.31. The monoisotopic (exact) mass is 429 g/mol. The molecular formula is C23H19F4N3O. The summed E-state index contributed by atoms with van der Waals surface area (Å²) in [7, 11) is 0. The zero-order chi connectivity index (χ0) is 22.0. The molecule has 0 N–H and O–H groups in total. The van der Waals surface area contributed by atoms with Crippen LogP contribution in [0.1, 0.15) is 40.4 Å². The van der Waals surface area contributed by atoms with E-state index in [4.69, 9.17) is 0 Å². The molecule has 0 spiro atoms. The van der Waals surface area contributed by atoms with Gasteiger partial charge in [0.25, 0.3) is 5.91 Å². The second-order valence-electron chi connectivity index (χ2n) is 7.50. The molecule has 8 heteroatoms. The van der Waals surface area contributed by atoms with Gasteiger partial charge in [-0.3, -0.25) is 9.78 Å². The fraction of sp³-hybridized carbons (Fsp3) is 0.261. The van der Waals surface area contributed by atoms with Crippen LogP contribution in [0.4, 0.5) is 17.6 Å². The number of benzene rings is 2. The van der Waals surface area contributed by atoms with Gasteiger partial charge in [-0.1, -0.05) is 12.1 Å². The van der Waals surface area contributed by atoms with Gasteiger partial charge in [0, 0.05) is 36.3 Å². The largest absolute Gasteiger partial charge is 0.416 e. The Hall–Kier alpha value is -3.29. The lowest BCUT2D eigenvalue weighted by Crippen LogP contribution is -2.39. The van der Waals surface area contributed by atoms with Crippen molar-refractivity contribution < 1.29 is 22.4 Å². The van der Waals surface area contributed by atoms with E-state index in [1.807, 2.05) is 0 Å². The van der Waals surface area contributed by atoms with Crippen LogP contribution in [-0.2, 0) is 6.18 Å². The number of amides is 1. The molecule has 0 bridgehead atoms. The Morgan fingerprint density at radius 1 is 1.06 bits per heavy atom. The number of halogens is 4. The van der Waals surface area contributed by atoms with Crippen LogP contribution in [0, 0.1) is 5.82 Å². The maximum absolute atomic E-state index is 13.1. The molecule has 0 radical (unpaired) electrons. The number of piperidine rings is 1. The molecule has 1 aliphatic heterocycles. The zero-order valence-corrected chi connectivity index (χ0v) is 16.4. The summed E-state index contributed by atoms with van der Waals surface area (Å²) in [5, 5.41) is 0. The van der Waals surface area contributed by atoms with Crippen LogP contribution in [0.25, 0.3) is 11.3 Å². The molecule has 3 aromatic rings. The van der Waals surface area contributed by atoms with E-state index in [0.29, 0.717) is 35.6 Å². The molecule has 0 aliphatic carbocycles. The van der Waals surface area contributed by atoms with E-state index in [0.717, 1.165) is 25.0 Å². The van der Waals surface area contributed by atoms with Gasteiger partial charge in [-0.05, 0) is 49.2 Å². The first-order valence-electron chi connectivity index (χ1n) is 9.85. The molecule has 1 atom stereocenters. The third-order valence-electron chi connectivity index (χ3n) is 5.36. The van der Waals surface area contributed by atoms with Crippen LogP contribution in [-0.4, -0.2) is 33.9 Å². The molecule has 0 saturated carbocycles. The summed E-state index contributed by atoms with van der Waals surface area (Å²) < 4.78 is 52.3. The van der Waals surface area contributed by atoms with E-state index in [1.165, 1.54) is 36.5 Å². The van der Waals surface area contributed by atoms with Crippen LogP contribution >= 0.6 is 0 Å². The minimum absolute atomic E-state index is 0.0867. The highest BCUT2D eigenvalue weighted by atomic mass is 19.4. The highest BCUT2D eigenvalue weighted by molar-refractivity contribution is 5.94. The van der Waals surface area contributed by atoms with Gasteiger partial charge in [-0.15, -0.1) is 0 Å². The van der Waals surface area contributed by atoms with Crippen molar-refractivity contribution in [1.82, 2.24) is 14.9 Å². The van der Waals surface area contributed by atoms with Gasteiger partial charge in [0.2, 0.25) is 0 Å². The fourth-order valence-corrected chi connectivity index (χ4v) is 3.75. The normalized spacial score (nSPS) is 16.9. The lowest BCUT2D eigenvalue weighted by molar-refractivity contribution is -0.137. The standard InChI is InChI=1S/C23H19F4N3O/c24-19-8-6-15(7-9-19)22(31)30-10-2-4-17(14-30)21-13-28-12-20(29-21)16-3-1-5-18(11-16)23(25,26)27/h1,3,5-9,11-13,17H,2,4,10,14H2/t17-/m1/s1. The lowest BCUT2D eigenvalue weighted by Gasteiger charge is -2.32. The first kappa shape index (κ1) is 21.0. The summed E-state index contributed by atoms with van der Waals surface area (Å²) in [5.41, 5.74) is 0.980. The molecule has 0 unspecified atom stereocenters. The van der Waals surface area contributed by atoms with Crippen molar-refractivity contribution in [2.24, 2.45) is 0 Å². The number of hydrogen-bond donors (Lipinski definition) is 0. The average molecular weight is 429 g/mol. The molecule has 2 heterocycles. The molecule has 31 heavy (non-hydrogen) atoms. The first-order chi connectivity index (χ1) is 14.8. The van der Waals surface area contributed by atoms with Crippen LogP contribution in [0.3, 0.4) is 0 Å². The van der Waals surface area contributed by atoms with Crippen molar-refractivity contribution in [1.29, 1.82) is 0 Å². The van der Waals surface area contributed by atoms with Gasteiger partial charge >= 0.3 is 6.18 Å². The van der Waals surface area contributed by atoms with E-state index in [2.05, 4.69) is 9.97 Å². The highest BCUT2D eigenvalue weighted by Crippen LogP contribution is 2.32. The van der Waals surface area contributed by atoms with Gasteiger partial charge < -0.3 is 4.90 Å². The van der Waals surface area contributed by atoms with Crippen LogP contribution in [0.5, 0.6) is 0 Å². The summed E-state index contributed by atoms with van der Waals surface area (Å²) in [5.74, 6) is -0.683. The van der Waals surface area contributed by atoms with Gasteiger partial charge in [-0.2, -0.15) is 13.2 Å². The van der Waals surface area contributed by atoms with Gasteiger partial charge in [0.1, 0.15) is 5.82 Å². The molecule has 4 nitrogen and oxygen atoms in total. The number of nitrogens with zero attached hydrogens (tertiary/aromatic N) is 3. The maximum atomic E-state index is 13.1. The minimum Gasteiger partial charge on any atom is -0.338 e. The number of likely N-dealkylation sites (tertiary alicyclic amines) is 1. The second-order valence-corrected chi connectivity index (χ2v) is 7.50. The van der Waals surface area contributed by atoms with Crippen LogP contribution in [0.15, 0.2) is 60.9 Å². The van der Waals surface area contributed by atoms with Crippen molar-refractivity contribution in [2.75, 3.05) is 13.1 Å². The number of carbonyl (C=O) groups excluding carboxylic acids is 1. The quantitative estimate of drug-likeness (QED) is 0.530. The molecule has 1 aromatic heterocycles. The molecule has 1 fully saturated rings. The smallest absolute Gasteiger partial charge is 0.338 e. The maximum Gasteiger partial charge on any atom is 0.416 e. The van der Waals surface area contributed by atoms with Gasteiger partial charge in [0.05, 0.1) is 23.1 Å². The zero-order valence-electron chi connectivity index (χ0n) is 16.4. The number of rotatable bonds is 3. The predicted molar refractivity (Wildman–Crippen MR) is 107 cm³/mol. The number of alkyl halides is 3. The van der Waals surface area contributed by atoms with Crippen molar-refractivity contribution in [3.8, 4) is 11.3 Å². The summed E-state index contributed by atoms with van der Waals surface area (Å²) in [6.45, 7) is 0.990. The Bertz CT molecular complexity index is 1080. The van der Waals surface area contributed by atoms with Crippen molar-refractivity contribution in [2.45, 2.75) is 24.9 Å². The number of aromatic nitrogens is 2. The average Bonchev–Trinajstić information content (AvgIpc) is 2.79. The van der Waals surface area contributed by atoms with E-state index in [1.54, 1.807) is 17.2 Å². The lowest BCUT2D eigenvalue weighted by atomic mass is 9.94. The number of hydrogen-bond acceptors (Lipinski definition) is 3. The minimum atomic E-state index is -4.44. The Kier molecular flexibility index (Phi) is 5.71. The van der Waals surface area contributed by atoms with Crippen LogP contribution < -0.4 is 0 Å². The van der Waals surface area contributed by atoms with Gasteiger partial charge in [0.15, 0.2) is 0 Å². The van der Waals surface area contributed by atoms with Crippen LogP contribution in [0.2, 0.25) is 0 Å². The SMILES string of the molecule is O=C(c1ccc(F)cc1)N1CCC[C@@H](c2cncc(-c3cccc(C(F)(F)F)c3)n2)C1. The summed E-state index contributed by atoms with van der Waals surface area (Å²) >= 11 is 0. The topological polar surface area (TPSA) is 46.1 Å². The Morgan fingerprint density at radius 3 is 2.58 bits per heavy atom. The summed E-state index contributed by atoms with van der Waals surface area (Å²) in [6, 6.07) is 10.4. The molecule has 160 valence electrons. The molecule has 1 amide bonds. The summed E-state index contributed by atoms with van der Waals surface area (Å²) in [4.78, 5) is 23.2. The molecule has 4 rings (SSSR count). The molecular weight excluding hydrogens is 410 g/mol. The molecule has 2 aromatic carbocycles. The van der Waals surface area contributed by atoms with E-state index in [9.17, 15) is 22.4 Å². The van der Waals surface area contributed by atoms with E-state index in [-0.39, 0.29) is 11.8 Å². The molecule has 1 aliphatic rings. The fourth-order valence-electron chi connectivity index (χ4n) is 3.75. The van der Waals surface area contributed by atoms with Crippen molar-refractivity contribution in [3.63, 3.8) is 0 Å². The Morgan fingerprint density at radius 2 is 1.84 bits per heavy atom. The third kappa shape index (κ3) is 4.73. The van der Waals surface area contributed by atoms with Crippen molar-refractivity contribution >= 4 is 5.91 Å². The Labute approximate surface area is 176 Å². The van der Waals surface area contributed by atoms with E-state index >= 15 is 0 Å². The third-order valence-corrected chi connectivity index (χ3v) is 5.36. The van der Waals surface area contributed by atoms with Gasteiger partial charge in [-0.25, -0.2) is 9.37 Å². The molecule has 1 saturated heterocycles. The van der Waals surface area contributed by atoms with E-state index < -0.39 is 17.6 Å². The van der Waals surface area contributed by atoms with Crippen molar-refractivity contribution in [3.05, 3.63) is 83.6 Å². The summed E-state index contributed by atoms with van der Waals surface area (Å²) in [6.07, 6.45) is 0.128. The Balaban J connectivity index is 1.55. The second kappa shape index (κ2) is 8.45. The first-order valence-corrected chi connectivity index (χ1v) is 9.85.